The van der Waals surface area contributed by atoms with Crippen LogP contribution in [0.25, 0.3) is 21.5 Å². The molecular formula is C41H37N4+. The second kappa shape index (κ2) is 11.9. The summed E-state index contributed by atoms with van der Waals surface area (Å²) in [7, 11) is 4.17. The maximum absolute atomic E-state index is 9.78. The lowest BCUT2D eigenvalue weighted by Crippen LogP contribution is -2.30. The van der Waals surface area contributed by atoms with Crippen LogP contribution in [0.1, 0.15) is 37.8 Å². The van der Waals surface area contributed by atoms with Gasteiger partial charge in [0.1, 0.15) is 7.05 Å². The Bertz CT molecular complexity index is 2090. The first kappa shape index (κ1) is 29.6. The van der Waals surface area contributed by atoms with Gasteiger partial charge in [-0.25, -0.2) is 0 Å². The van der Waals surface area contributed by atoms with E-state index in [-0.39, 0.29) is 0 Å². The quantitative estimate of drug-likeness (QED) is 0.160. The molecule has 45 heavy (non-hydrogen) atoms. The third-order valence-electron chi connectivity index (χ3n) is 9.53. The normalized spacial score (nSPS) is 22.1. The van der Waals surface area contributed by atoms with E-state index in [1.165, 1.54) is 32.7 Å². The molecule has 4 nitrogen and oxygen atoms in total. The smallest absolute Gasteiger partial charge is 0.210 e. The van der Waals surface area contributed by atoms with Crippen molar-refractivity contribution in [3.63, 3.8) is 0 Å². The SMILES string of the molecule is CN1/C(=C/C=C/C=C/C=C/C=C/C2=[N+](C)c3ccc4ccccc4c3C2(C)CC#N)C(C)(CC#N)c2c1ccc1ccccc21. The van der Waals surface area contributed by atoms with Crippen molar-refractivity contribution >= 4 is 38.6 Å². The summed E-state index contributed by atoms with van der Waals surface area (Å²) in [5, 5.41) is 24.4. The summed E-state index contributed by atoms with van der Waals surface area (Å²) < 4.78 is 2.22. The monoisotopic (exact) mass is 585 g/mol. The summed E-state index contributed by atoms with van der Waals surface area (Å²) in [6.45, 7) is 4.36. The fourth-order valence-corrected chi connectivity index (χ4v) is 7.37. The highest BCUT2D eigenvalue weighted by atomic mass is 15.2. The molecule has 0 amide bonds. The molecule has 0 spiro atoms. The fraction of sp³-hybridized carbons (Fsp3) is 0.195. The van der Waals surface area contributed by atoms with E-state index in [4.69, 9.17) is 0 Å². The van der Waals surface area contributed by atoms with Gasteiger partial charge >= 0.3 is 0 Å². The molecule has 2 heterocycles. The lowest BCUT2D eigenvalue weighted by atomic mass is 9.75. The molecule has 0 bridgehead atoms. The van der Waals surface area contributed by atoms with Crippen molar-refractivity contribution in [3.8, 4) is 12.1 Å². The molecule has 2 unspecified atom stereocenters. The number of nitriles is 2. The number of hydrogen-bond acceptors (Lipinski definition) is 3. The van der Waals surface area contributed by atoms with Crippen LogP contribution < -0.4 is 4.90 Å². The van der Waals surface area contributed by atoms with Crippen LogP contribution in [0.3, 0.4) is 0 Å². The van der Waals surface area contributed by atoms with E-state index in [1.807, 2.05) is 42.5 Å². The highest BCUT2D eigenvalue weighted by molar-refractivity contribution is 6.08. The molecule has 0 aromatic heterocycles. The number of nitrogens with zero attached hydrogens (tertiary/aromatic N) is 4. The number of likely N-dealkylation sites (N-methyl/N-ethyl adjacent to an activating group) is 1. The van der Waals surface area contributed by atoms with E-state index in [2.05, 4.69) is 135 Å². The van der Waals surface area contributed by atoms with Gasteiger partial charge in [-0.2, -0.15) is 15.1 Å². The van der Waals surface area contributed by atoms with Gasteiger partial charge in [-0.1, -0.05) is 97.1 Å². The van der Waals surface area contributed by atoms with Crippen LogP contribution in [0.15, 0.2) is 133 Å². The second-order valence-electron chi connectivity index (χ2n) is 12.3. The van der Waals surface area contributed by atoms with Gasteiger partial charge in [0.15, 0.2) is 5.71 Å². The van der Waals surface area contributed by atoms with Gasteiger partial charge in [0, 0.05) is 41.6 Å². The summed E-state index contributed by atoms with van der Waals surface area (Å²) in [4.78, 5) is 2.22. The van der Waals surface area contributed by atoms with Crippen molar-refractivity contribution in [2.24, 2.45) is 0 Å². The molecule has 6 rings (SSSR count). The zero-order chi connectivity index (χ0) is 31.6. The van der Waals surface area contributed by atoms with Gasteiger partial charge in [0.05, 0.1) is 30.4 Å². The summed E-state index contributed by atoms with van der Waals surface area (Å²) >= 11 is 0. The summed E-state index contributed by atoms with van der Waals surface area (Å²) in [6.07, 6.45) is 19.2. The maximum atomic E-state index is 9.78. The lowest BCUT2D eigenvalue weighted by Gasteiger charge is -2.26. The number of rotatable bonds is 7. The molecule has 0 N–H and O–H groups in total. The highest BCUT2D eigenvalue weighted by Gasteiger charge is 2.47. The fourth-order valence-electron chi connectivity index (χ4n) is 7.37. The van der Waals surface area contributed by atoms with Gasteiger partial charge in [0.25, 0.3) is 0 Å². The Morgan fingerprint density at radius 3 is 1.91 bits per heavy atom. The van der Waals surface area contributed by atoms with Crippen LogP contribution in [-0.2, 0) is 10.8 Å². The average Bonchev–Trinajstić information content (AvgIpc) is 3.39. The summed E-state index contributed by atoms with van der Waals surface area (Å²) in [6, 6.07) is 30.4. The molecule has 0 radical (unpaired) electrons. The molecule has 0 aliphatic carbocycles. The largest absolute Gasteiger partial charge is 0.347 e. The van der Waals surface area contributed by atoms with Gasteiger partial charge in [-0.3, -0.25) is 0 Å². The van der Waals surface area contributed by atoms with Crippen molar-refractivity contribution in [2.75, 3.05) is 19.0 Å². The van der Waals surface area contributed by atoms with E-state index in [0.29, 0.717) is 12.8 Å². The van der Waals surface area contributed by atoms with Crippen molar-refractivity contribution in [2.45, 2.75) is 37.5 Å². The molecule has 0 fully saturated rings. The zero-order valence-corrected chi connectivity index (χ0v) is 26.3. The average molecular weight is 586 g/mol. The van der Waals surface area contributed by atoms with Crippen LogP contribution in [0, 0.1) is 22.7 Å². The molecule has 0 saturated heterocycles. The van der Waals surface area contributed by atoms with E-state index in [1.54, 1.807) is 0 Å². The van der Waals surface area contributed by atoms with Gasteiger partial charge < -0.3 is 4.90 Å². The number of hydrogen-bond donors (Lipinski definition) is 0. The molecule has 2 aliphatic heterocycles. The molecule has 220 valence electrons. The van der Waals surface area contributed by atoms with E-state index in [9.17, 15) is 10.5 Å². The minimum atomic E-state index is -0.393. The van der Waals surface area contributed by atoms with Crippen molar-refractivity contribution < 1.29 is 4.58 Å². The Labute approximate surface area is 266 Å². The van der Waals surface area contributed by atoms with Crippen LogP contribution in [0.5, 0.6) is 0 Å². The maximum Gasteiger partial charge on any atom is 0.210 e. The second-order valence-corrected chi connectivity index (χ2v) is 12.3. The molecule has 4 aromatic carbocycles. The Balaban J connectivity index is 1.19. The predicted molar refractivity (Wildman–Crippen MR) is 187 cm³/mol. The standard InChI is InChI=1S/C41H37N4/c1-40(26-28-42)36(44(3)34-24-22-30-16-12-14-18-32(30)38(34)40)20-10-8-6-5-7-9-11-21-37-41(2,27-29-43)39-33-19-15-13-17-31(33)23-25-35(39)45(37)4/h5-25H,26-27H2,1-4H3/q+1. The summed E-state index contributed by atoms with van der Waals surface area (Å²) in [5.74, 6) is 0. The molecule has 4 aromatic rings. The molecule has 0 saturated carbocycles. The Morgan fingerprint density at radius 2 is 1.24 bits per heavy atom. The van der Waals surface area contributed by atoms with Gasteiger partial charge in [-0.05, 0) is 59.2 Å². The lowest BCUT2D eigenvalue weighted by molar-refractivity contribution is -0.401. The van der Waals surface area contributed by atoms with Gasteiger partial charge in [0.2, 0.25) is 5.69 Å². The zero-order valence-electron chi connectivity index (χ0n) is 26.3. The first-order valence-electron chi connectivity index (χ1n) is 15.4. The first-order valence-corrected chi connectivity index (χ1v) is 15.4. The minimum absolute atomic E-state index is 0.393. The Kier molecular flexibility index (Phi) is 7.84. The summed E-state index contributed by atoms with van der Waals surface area (Å²) in [5.41, 5.74) is 6.21. The number of anilines is 1. The third kappa shape index (κ3) is 4.90. The minimum Gasteiger partial charge on any atom is -0.347 e. The first-order chi connectivity index (χ1) is 21.8. The van der Waals surface area contributed by atoms with Crippen LogP contribution in [0.2, 0.25) is 0 Å². The number of benzene rings is 4. The molecule has 4 heteroatoms. The van der Waals surface area contributed by atoms with E-state index >= 15 is 0 Å². The Morgan fingerprint density at radius 1 is 0.689 bits per heavy atom. The van der Waals surface area contributed by atoms with Gasteiger partial charge in [-0.15, -0.1) is 0 Å². The third-order valence-corrected chi connectivity index (χ3v) is 9.53. The number of fused-ring (bicyclic) bond motifs is 6. The van der Waals surface area contributed by atoms with Crippen LogP contribution in [-0.4, -0.2) is 24.4 Å². The predicted octanol–water partition coefficient (Wildman–Crippen LogP) is 9.32. The van der Waals surface area contributed by atoms with E-state index in [0.717, 1.165) is 22.8 Å². The van der Waals surface area contributed by atoms with Crippen molar-refractivity contribution in [3.05, 3.63) is 144 Å². The van der Waals surface area contributed by atoms with E-state index < -0.39 is 10.8 Å². The Hall–Kier alpha value is -5.45. The number of allylic oxidation sites excluding steroid dienone is 10. The molecular weight excluding hydrogens is 548 g/mol. The van der Waals surface area contributed by atoms with Crippen molar-refractivity contribution in [1.82, 2.24) is 0 Å². The molecule has 2 atom stereocenters. The topological polar surface area (TPSA) is 53.8 Å². The van der Waals surface area contributed by atoms with Crippen LogP contribution in [0.4, 0.5) is 11.4 Å². The highest BCUT2D eigenvalue weighted by Crippen LogP contribution is 2.52. The molecule has 2 aliphatic rings. The van der Waals surface area contributed by atoms with Crippen molar-refractivity contribution in [1.29, 1.82) is 10.5 Å². The van der Waals surface area contributed by atoms with Crippen LogP contribution >= 0.6 is 0 Å².